The van der Waals surface area contributed by atoms with Crippen LogP contribution in [0.3, 0.4) is 0 Å². The van der Waals surface area contributed by atoms with Gasteiger partial charge in [0.1, 0.15) is 30.5 Å². The lowest BCUT2D eigenvalue weighted by molar-refractivity contribution is -0.384. The number of hydrogen-bond donors (Lipinski definition) is 0. The van der Waals surface area contributed by atoms with Gasteiger partial charge in [-0.15, -0.1) is 0 Å². The van der Waals surface area contributed by atoms with E-state index in [9.17, 15) is 14.9 Å². The average molecular weight is 460 g/mol. The summed E-state index contributed by atoms with van der Waals surface area (Å²) in [6, 6.07) is 20.2. The van der Waals surface area contributed by atoms with Crippen LogP contribution in [0.25, 0.3) is 6.08 Å². The lowest BCUT2D eigenvalue weighted by Gasteiger charge is -2.11. The number of ether oxygens (including phenoxy) is 4. The van der Waals surface area contributed by atoms with E-state index < -0.39 is 10.9 Å². The van der Waals surface area contributed by atoms with Crippen molar-refractivity contribution in [3.05, 3.63) is 99.7 Å². The number of cyclic esters (lactones) is 1. The van der Waals surface area contributed by atoms with Crippen molar-refractivity contribution < 1.29 is 28.7 Å². The van der Waals surface area contributed by atoms with Gasteiger partial charge in [0, 0.05) is 29.3 Å². The molecule has 1 aliphatic heterocycles. The highest BCUT2D eigenvalue weighted by Crippen LogP contribution is 2.29. The molecule has 0 spiro atoms. The molecule has 3 aromatic rings. The number of carbonyl (C=O) groups excluding carboxylic acids is 1. The Hall–Kier alpha value is -4.66. The van der Waals surface area contributed by atoms with E-state index in [1.165, 1.54) is 24.3 Å². The van der Waals surface area contributed by atoms with Gasteiger partial charge < -0.3 is 18.9 Å². The molecular weight excluding hydrogens is 440 g/mol. The Morgan fingerprint density at radius 3 is 2.50 bits per heavy atom. The quantitative estimate of drug-likeness (QED) is 0.153. The molecular formula is C25H20N2O7. The molecule has 0 fully saturated rings. The molecule has 1 heterocycles. The number of nitro benzene ring substituents is 1. The van der Waals surface area contributed by atoms with Crippen LogP contribution in [0.5, 0.6) is 17.2 Å². The van der Waals surface area contributed by atoms with Gasteiger partial charge in [0.15, 0.2) is 5.70 Å². The van der Waals surface area contributed by atoms with E-state index in [0.29, 0.717) is 28.4 Å². The summed E-state index contributed by atoms with van der Waals surface area (Å²) in [6.07, 6.45) is 1.41. The molecule has 0 N–H and O–H groups in total. The summed E-state index contributed by atoms with van der Waals surface area (Å²) in [5, 5.41) is 11.3. The lowest BCUT2D eigenvalue weighted by atomic mass is 10.1. The third-order valence-electron chi connectivity index (χ3n) is 4.79. The molecule has 0 saturated heterocycles. The van der Waals surface area contributed by atoms with Crippen LogP contribution in [0.2, 0.25) is 0 Å². The van der Waals surface area contributed by atoms with Crippen molar-refractivity contribution >= 4 is 23.6 Å². The lowest BCUT2D eigenvalue weighted by Crippen LogP contribution is -2.10. The van der Waals surface area contributed by atoms with Crippen molar-refractivity contribution in [2.45, 2.75) is 0 Å². The number of rotatable bonds is 9. The van der Waals surface area contributed by atoms with Crippen LogP contribution in [-0.2, 0) is 9.53 Å². The van der Waals surface area contributed by atoms with E-state index in [4.69, 9.17) is 18.9 Å². The van der Waals surface area contributed by atoms with E-state index in [0.717, 1.165) is 0 Å². The maximum atomic E-state index is 12.4. The van der Waals surface area contributed by atoms with Crippen molar-refractivity contribution in [2.24, 2.45) is 4.99 Å². The van der Waals surface area contributed by atoms with Crippen molar-refractivity contribution in [1.29, 1.82) is 0 Å². The molecule has 0 amide bonds. The fourth-order valence-electron chi connectivity index (χ4n) is 3.16. The summed E-state index contributed by atoms with van der Waals surface area (Å²) in [4.78, 5) is 27.3. The molecule has 0 unspecified atom stereocenters. The van der Waals surface area contributed by atoms with Crippen molar-refractivity contribution in [3.8, 4) is 17.2 Å². The maximum absolute atomic E-state index is 12.4. The van der Waals surface area contributed by atoms with Crippen LogP contribution in [0.15, 0.2) is 83.5 Å². The predicted octanol–water partition coefficient (Wildman–Crippen LogP) is 4.41. The highest BCUT2D eigenvalue weighted by atomic mass is 16.6. The van der Waals surface area contributed by atoms with Gasteiger partial charge in [-0.3, -0.25) is 10.1 Å². The number of esters is 1. The van der Waals surface area contributed by atoms with Crippen LogP contribution in [0, 0.1) is 10.1 Å². The van der Waals surface area contributed by atoms with Gasteiger partial charge in [-0.25, -0.2) is 9.79 Å². The number of non-ortho nitro benzene ring substituents is 1. The molecule has 9 heteroatoms. The zero-order valence-electron chi connectivity index (χ0n) is 18.2. The summed E-state index contributed by atoms with van der Waals surface area (Å²) in [7, 11) is 1.57. The van der Waals surface area contributed by atoms with Gasteiger partial charge in [-0.05, 0) is 36.4 Å². The number of methoxy groups -OCH3 is 1. The van der Waals surface area contributed by atoms with Crippen LogP contribution in [-0.4, -0.2) is 37.1 Å². The molecule has 1 aliphatic rings. The molecule has 0 radical (unpaired) electrons. The Kier molecular flexibility index (Phi) is 6.83. The van der Waals surface area contributed by atoms with E-state index in [1.54, 1.807) is 55.6 Å². The Morgan fingerprint density at radius 1 is 0.971 bits per heavy atom. The third-order valence-corrected chi connectivity index (χ3v) is 4.79. The second-order valence-corrected chi connectivity index (χ2v) is 7.06. The maximum Gasteiger partial charge on any atom is 0.363 e. The first-order chi connectivity index (χ1) is 16.5. The minimum Gasteiger partial charge on any atom is -0.497 e. The minimum absolute atomic E-state index is 0.0110. The fourth-order valence-corrected chi connectivity index (χ4v) is 3.16. The van der Waals surface area contributed by atoms with Crippen LogP contribution < -0.4 is 14.2 Å². The molecule has 34 heavy (non-hydrogen) atoms. The predicted molar refractivity (Wildman–Crippen MR) is 124 cm³/mol. The largest absolute Gasteiger partial charge is 0.497 e. The second kappa shape index (κ2) is 10.3. The Bertz CT molecular complexity index is 1270. The third kappa shape index (κ3) is 5.39. The molecule has 0 saturated carbocycles. The molecule has 0 aromatic heterocycles. The van der Waals surface area contributed by atoms with Gasteiger partial charge in [0.25, 0.3) is 5.69 Å². The first-order valence-corrected chi connectivity index (χ1v) is 10.3. The fraction of sp³-hybridized carbons (Fsp3) is 0.120. The summed E-state index contributed by atoms with van der Waals surface area (Å²) < 4.78 is 21.9. The van der Waals surface area contributed by atoms with Crippen LogP contribution in [0.1, 0.15) is 11.1 Å². The van der Waals surface area contributed by atoms with Crippen molar-refractivity contribution in [1.82, 2.24) is 0 Å². The molecule has 172 valence electrons. The van der Waals surface area contributed by atoms with E-state index in [2.05, 4.69) is 4.99 Å². The molecule has 0 aliphatic carbocycles. The minimum atomic E-state index is -0.655. The number of nitrogens with zero attached hydrogens (tertiary/aromatic N) is 2. The van der Waals surface area contributed by atoms with Gasteiger partial charge >= 0.3 is 5.97 Å². The van der Waals surface area contributed by atoms with E-state index in [-0.39, 0.29) is 30.5 Å². The summed E-state index contributed by atoms with van der Waals surface area (Å²) in [6.45, 7) is 0.382. The summed E-state index contributed by atoms with van der Waals surface area (Å²) in [5.74, 6) is 1.13. The number of aliphatic imine (C=N–C) groups is 1. The smallest absolute Gasteiger partial charge is 0.363 e. The highest BCUT2D eigenvalue weighted by Gasteiger charge is 2.25. The van der Waals surface area contributed by atoms with E-state index >= 15 is 0 Å². The number of carbonyl (C=O) groups is 1. The average Bonchev–Trinajstić information content (AvgIpc) is 3.23. The molecule has 9 nitrogen and oxygen atoms in total. The molecule has 0 bridgehead atoms. The Labute approximate surface area is 195 Å². The zero-order chi connectivity index (χ0) is 23.9. The number of hydrogen-bond acceptors (Lipinski definition) is 8. The molecule has 3 aromatic carbocycles. The Morgan fingerprint density at radius 2 is 1.74 bits per heavy atom. The summed E-state index contributed by atoms with van der Waals surface area (Å²) in [5.41, 5.74) is 0.826. The molecule has 0 atom stereocenters. The van der Waals surface area contributed by atoms with Crippen LogP contribution in [0.4, 0.5) is 5.69 Å². The monoisotopic (exact) mass is 460 g/mol. The van der Waals surface area contributed by atoms with Crippen molar-refractivity contribution in [3.63, 3.8) is 0 Å². The van der Waals surface area contributed by atoms with Gasteiger partial charge in [0.05, 0.1) is 12.0 Å². The first-order valence-electron chi connectivity index (χ1n) is 10.3. The van der Waals surface area contributed by atoms with Crippen molar-refractivity contribution in [2.75, 3.05) is 20.3 Å². The van der Waals surface area contributed by atoms with Gasteiger partial charge in [-0.2, -0.15) is 0 Å². The van der Waals surface area contributed by atoms with Gasteiger partial charge in [0.2, 0.25) is 5.90 Å². The topological polar surface area (TPSA) is 109 Å². The highest BCUT2D eigenvalue weighted by molar-refractivity contribution is 6.12. The number of nitro groups is 1. The second-order valence-electron chi connectivity index (χ2n) is 7.06. The Balaban J connectivity index is 1.52. The van der Waals surface area contributed by atoms with E-state index in [1.807, 2.05) is 6.07 Å². The SMILES string of the molecule is COc1cccc(OCCOc2ccc([N+](=O)[O-])cc2/C=C2/N=C(c3ccccc3)OC2=O)c1. The van der Waals surface area contributed by atoms with Crippen LogP contribution >= 0.6 is 0 Å². The summed E-state index contributed by atoms with van der Waals surface area (Å²) >= 11 is 0. The normalized spacial score (nSPS) is 13.9. The number of benzene rings is 3. The standard InChI is InChI=1S/C25H20N2O7/c1-31-20-8-5-9-21(16-20)32-12-13-33-23-11-10-19(27(29)30)14-18(23)15-22-25(28)34-24(26-22)17-6-3-2-4-7-17/h2-11,14-16H,12-13H2,1H3/b22-15+. The molecule has 4 rings (SSSR count). The van der Waals surface area contributed by atoms with Gasteiger partial charge in [-0.1, -0.05) is 24.3 Å². The zero-order valence-corrected chi connectivity index (χ0v) is 18.2. The first kappa shape index (κ1) is 22.5.